The highest BCUT2D eigenvalue weighted by Gasteiger charge is 2.31. The second kappa shape index (κ2) is 7.48. The van der Waals surface area contributed by atoms with Gasteiger partial charge in [-0.2, -0.15) is 0 Å². The van der Waals surface area contributed by atoms with Gasteiger partial charge in [0.1, 0.15) is 0 Å². The van der Waals surface area contributed by atoms with Crippen molar-refractivity contribution in [1.29, 1.82) is 0 Å². The van der Waals surface area contributed by atoms with Crippen molar-refractivity contribution in [2.75, 3.05) is 44.7 Å². The van der Waals surface area contributed by atoms with E-state index in [1.807, 2.05) is 18.9 Å². The molecular weight excluding hydrogens is 374 g/mol. The predicted octanol–water partition coefficient (Wildman–Crippen LogP) is 2.22. The van der Waals surface area contributed by atoms with Gasteiger partial charge in [0.15, 0.2) is 0 Å². The molecule has 4 rings (SSSR count). The van der Waals surface area contributed by atoms with Gasteiger partial charge >= 0.3 is 0 Å². The van der Waals surface area contributed by atoms with Gasteiger partial charge in [0.05, 0.1) is 31.8 Å². The number of piperazine rings is 1. The molecule has 0 saturated carbocycles. The summed E-state index contributed by atoms with van der Waals surface area (Å²) < 4.78 is 13.2. The fraction of sp³-hybridized carbons (Fsp3) is 0.333. The van der Waals surface area contributed by atoms with Crippen molar-refractivity contribution >= 4 is 28.3 Å². The monoisotopic (exact) mass is 397 g/mol. The molecule has 2 aliphatic rings. The minimum atomic E-state index is -1.48. The van der Waals surface area contributed by atoms with Crippen LogP contribution in [0.1, 0.15) is 27.6 Å². The molecule has 2 amide bonds. The molecule has 0 aromatic heterocycles. The van der Waals surface area contributed by atoms with E-state index in [1.165, 1.54) is 0 Å². The quantitative estimate of drug-likeness (QED) is 0.780. The summed E-state index contributed by atoms with van der Waals surface area (Å²) >= 11 is 0. The Kier molecular flexibility index (Phi) is 5.03. The van der Waals surface area contributed by atoms with Crippen LogP contribution in [-0.4, -0.2) is 65.6 Å². The number of carbonyl (C=O) groups excluding carboxylic acids is 2. The van der Waals surface area contributed by atoms with Crippen molar-refractivity contribution in [2.45, 2.75) is 16.7 Å². The highest BCUT2D eigenvalue weighted by molar-refractivity contribution is 7.85. The summed E-state index contributed by atoms with van der Waals surface area (Å²) in [6.45, 7) is 5.36. The number of carbonyl (C=O) groups is 2. The van der Waals surface area contributed by atoms with Crippen LogP contribution in [0.3, 0.4) is 0 Å². The maximum atomic E-state index is 13.2. The van der Waals surface area contributed by atoms with Crippen LogP contribution < -0.4 is 4.90 Å². The molecule has 7 heteroatoms. The molecule has 0 aliphatic carbocycles. The molecule has 6 nitrogen and oxygen atoms in total. The lowest BCUT2D eigenvalue weighted by Gasteiger charge is -2.32. The van der Waals surface area contributed by atoms with E-state index in [2.05, 4.69) is 4.90 Å². The lowest BCUT2D eigenvalue weighted by atomic mass is 10.1. The van der Waals surface area contributed by atoms with Crippen molar-refractivity contribution in [1.82, 2.24) is 9.80 Å². The van der Waals surface area contributed by atoms with Gasteiger partial charge in [0.2, 0.25) is 0 Å². The third-order valence-electron chi connectivity index (χ3n) is 5.37. The Morgan fingerprint density at radius 3 is 2.46 bits per heavy atom. The van der Waals surface area contributed by atoms with Crippen LogP contribution in [0, 0.1) is 0 Å². The van der Waals surface area contributed by atoms with Crippen molar-refractivity contribution in [3.8, 4) is 0 Å². The smallest absolute Gasteiger partial charge is 0.259 e. The van der Waals surface area contributed by atoms with Gasteiger partial charge in [-0.25, -0.2) is 4.21 Å². The Balaban J connectivity index is 1.76. The van der Waals surface area contributed by atoms with E-state index in [0.29, 0.717) is 46.2 Å². The highest BCUT2D eigenvalue weighted by Crippen LogP contribution is 2.35. The fourth-order valence-corrected chi connectivity index (χ4v) is 5.05. The summed E-state index contributed by atoms with van der Waals surface area (Å²) in [6, 6.07) is 12.2. The van der Waals surface area contributed by atoms with Gasteiger partial charge < -0.3 is 14.7 Å². The van der Waals surface area contributed by atoms with Crippen LogP contribution in [0.5, 0.6) is 0 Å². The van der Waals surface area contributed by atoms with Crippen LogP contribution in [0.4, 0.5) is 5.69 Å². The molecule has 0 radical (unpaired) electrons. The standard InChI is InChI=1S/C21H23N3O3S/c1-3-24-17-14-15(20(25)23-12-10-22(2)11-13-23)8-9-19(17)28(27)18-7-5-4-6-16(18)21(24)26/h4-9,14H,3,10-13H2,1-2H3. The van der Waals surface area contributed by atoms with Gasteiger partial charge in [-0.3, -0.25) is 9.59 Å². The van der Waals surface area contributed by atoms with Crippen LogP contribution in [0.2, 0.25) is 0 Å². The maximum Gasteiger partial charge on any atom is 0.259 e. The lowest BCUT2D eigenvalue weighted by molar-refractivity contribution is 0.0663. The van der Waals surface area contributed by atoms with E-state index in [-0.39, 0.29) is 11.8 Å². The van der Waals surface area contributed by atoms with E-state index < -0.39 is 10.8 Å². The molecular formula is C21H23N3O3S. The first-order valence-corrected chi connectivity index (χ1v) is 10.6. The Bertz CT molecular complexity index is 967. The molecule has 0 bridgehead atoms. The Hall–Kier alpha value is -2.51. The van der Waals surface area contributed by atoms with Gasteiger partial charge in [-0.1, -0.05) is 12.1 Å². The third kappa shape index (κ3) is 3.14. The normalized spacial score (nSPS) is 19.8. The number of likely N-dealkylation sites (N-methyl/N-ethyl adjacent to an activating group) is 1. The zero-order valence-corrected chi connectivity index (χ0v) is 16.9. The van der Waals surface area contributed by atoms with Gasteiger partial charge in [-0.05, 0) is 44.3 Å². The molecule has 146 valence electrons. The largest absolute Gasteiger partial charge is 0.336 e. The van der Waals surface area contributed by atoms with Crippen LogP contribution in [0.25, 0.3) is 0 Å². The molecule has 2 aliphatic heterocycles. The second-order valence-corrected chi connectivity index (χ2v) is 8.51. The molecule has 1 unspecified atom stereocenters. The average molecular weight is 398 g/mol. The van der Waals surface area contributed by atoms with Crippen molar-refractivity contribution in [2.24, 2.45) is 0 Å². The number of amides is 2. The number of hydrogen-bond donors (Lipinski definition) is 0. The summed E-state index contributed by atoms with van der Waals surface area (Å²) in [5, 5.41) is 0. The first-order chi connectivity index (χ1) is 13.5. The van der Waals surface area contributed by atoms with Crippen LogP contribution in [0.15, 0.2) is 52.3 Å². The van der Waals surface area contributed by atoms with E-state index in [1.54, 1.807) is 47.4 Å². The summed E-state index contributed by atoms with van der Waals surface area (Å²) in [5.41, 5.74) is 1.53. The number of benzene rings is 2. The molecule has 2 heterocycles. The summed E-state index contributed by atoms with van der Waals surface area (Å²) in [4.78, 5) is 32.8. The minimum Gasteiger partial charge on any atom is -0.336 e. The molecule has 28 heavy (non-hydrogen) atoms. The summed E-state index contributed by atoms with van der Waals surface area (Å²) in [6.07, 6.45) is 0. The number of fused-ring (bicyclic) bond motifs is 2. The Morgan fingerprint density at radius 2 is 1.75 bits per heavy atom. The maximum absolute atomic E-state index is 13.2. The molecule has 0 N–H and O–H groups in total. The van der Waals surface area contributed by atoms with Crippen molar-refractivity contribution < 1.29 is 13.8 Å². The topological polar surface area (TPSA) is 60.9 Å². The first-order valence-electron chi connectivity index (χ1n) is 9.45. The second-order valence-electron chi connectivity index (χ2n) is 7.09. The first kappa shape index (κ1) is 18.8. The zero-order valence-electron chi connectivity index (χ0n) is 16.1. The zero-order chi connectivity index (χ0) is 19.8. The number of rotatable bonds is 2. The van der Waals surface area contributed by atoms with E-state index in [0.717, 1.165) is 13.1 Å². The lowest BCUT2D eigenvalue weighted by Crippen LogP contribution is -2.47. The van der Waals surface area contributed by atoms with Gasteiger partial charge in [-0.15, -0.1) is 0 Å². The third-order valence-corrected chi connectivity index (χ3v) is 6.87. The van der Waals surface area contributed by atoms with Crippen molar-refractivity contribution in [3.05, 3.63) is 53.6 Å². The van der Waals surface area contributed by atoms with Gasteiger partial charge in [0.25, 0.3) is 11.8 Å². The predicted molar refractivity (Wildman–Crippen MR) is 108 cm³/mol. The Morgan fingerprint density at radius 1 is 1.04 bits per heavy atom. The van der Waals surface area contributed by atoms with Crippen LogP contribution in [-0.2, 0) is 10.8 Å². The average Bonchev–Trinajstić information content (AvgIpc) is 2.81. The number of anilines is 1. The summed E-state index contributed by atoms with van der Waals surface area (Å²) in [5.74, 6) is -0.235. The summed E-state index contributed by atoms with van der Waals surface area (Å²) in [7, 11) is 0.568. The van der Waals surface area contributed by atoms with Crippen molar-refractivity contribution in [3.63, 3.8) is 0 Å². The van der Waals surface area contributed by atoms with Crippen LogP contribution >= 0.6 is 0 Å². The molecule has 1 atom stereocenters. The number of hydrogen-bond acceptors (Lipinski definition) is 4. The fourth-order valence-electron chi connectivity index (χ4n) is 3.70. The SMILES string of the molecule is CCN1C(=O)c2ccccc2S(=O)c2ccc(C(=O)N3CCN(C)CC3)cc21. The minimum absolute atomic E-state index is 0.0491. The van der Waals surface area contributed by atoms with E-state index >= 15 is 0 Å². The number of nitrogens with zero attached hydrogens (tertiary/aromatic N) is 3. The Labute approximate surface area is 167 Å². The molecule has 0 spiro atoms. The molecule has 1 fully saturated rings. The van der Waals surface area contributed by atoms with E-state index in [4.69, 9.17) is 0 Å². The van der Waals surface area contributed by atoms with Gasteiger partial charge in [0, 0.05) is 38.3 Å². The molecule has 2 aromatic rings. The highest BCUT2D eigenvalue weighted by atomic mass is 32.2. The van der Waals surface area contributed by atoms with E-state index in [9.17, 15) is 13.8 Å². The molecule has 1 saturated heterocycles. The molecule has 2 aromatic carbocycles.